The highest BCUT2D eigenvalue weighted by Gasteiger charge is 2.35. The third-order valence-corrected chi connectivity index (χ3v) is 9.54. The second-order valence-corrected chi connectivity index (χ2v) is 16.9. The zero-order valence-electron chi connectivity index (χ0n) is 32.2. The average molecular weight is 757 g/mol. The minimum atomic E-state index is -4.41. The number of phenols is 1. The largest absolute Gasteiger partial charge is 0.508 e. The van der Waals surface area contributed by atoms with Gasteiger partial charge in [0, 0.05) is 36.8 Å². The van der Waals surface area contributed by atoms with E-state index in [1.165, 1.54) is 17.6 Å². The minimum absolute atomic E-state index is 0.0483. The van der Waals surface area contributed by atoms with Crippen LogP contribution in [-0.2, 0) is 30.4 Å². The maximum atomic E-state index is 14.6. The molecule has 1 amide bonds. The van der Waals surface area contributed by atoms with Gasteiger partial charge in [-0.05, 0) is 110 Å². The van der Waals surface area contributed by atoms with Crippen LogP contribution < -0.4 is 20.6 Å². The molecule has 15 nitrogen and oxygen atoms in total. The Labute approximate surface area is 309 Å². The number of nitrogens with one attached hydrogen (secondary N) is 3. The van der Waals surface area contributed by atoms with Crippen LogP contribution in [0.2, 0.25) is 0 Å². The van der Waals surface area contributed by atoms with E-state index in [-0.39, 0.29) is 35.4 Å². The van der Waals surface area contributed by atoms with Gasteiger partial charge in [0.05, 0.1) is 17.9 Å². The van der Waals surface area contributed by atoms with Crippen LogP contribution in [0.4, 0.5) is 4.79 Å². The number of phenolic OH excluding ortho intramolecular Hbond substituents is 1. The van der Waals surface area contributed by atoms with Crippen LogP contribution in [0.25, 0.3) is 28.0 Å². The van der Waals surface area contributed by atoms with Gasteiger partial charge in [0.1, 0.15) is 28.7 Å². The molecule has 0 saturated heterocycles. The molecule has 0 fully saturated rings. The van der Waals surface area contributed by atoms with Crippen LogP contribution in [-0.4, -0.2) is 66.9 Å². The number of rotatable bonds is 15. The lowest BCUT2D eigenvalue weighted by Crippen LogP contribution is -2.38. The Bertz CT molecular complexity index is 2020. The number of aryl methyl sites for hydroxylation is 1. The SMILES string of the molecule is CC(NP(=O)(OCCCCCNC(=O)OC(C)(C)C)Oc1cc(O)c(C(C)C)cc1-c1n[nH]c(=O)n1-c1ccc2c(ccn2C)c1)C(=O)OC(C)(C)C. The topological polar surface area (TPSA) is 188 Å². The standard InChI is InChI=1S/C37H53N6O9P/c1-23(2)27-21-28(32-39-40-34(46)43(32)26-14-15-29-25(20-26)16-18-42(29)10)31(22-30(27)44)52-53(48,41-24(3)33(45)50-36(4,5)6)49-19-13-11-12-17-38-35(47)51-37(7,8)9/h14-16,18,20-24,44H,11-13,17,19H2,1-10H3,(H,38,47)(H,40,46)(H,41,48). The fourth-order valence-electron chi connectivity index (χ4n) is 5.42. The second kappa shape index (κ2) is 16.6. The predicted octanol–water partition coefficient (Wildman–Crippen LogP) is 7.07. The van der Waals surface area contributed by atoms with Crippen LogP contribution in [0.15, 0.2) is 47.4 Å². The Morgan fingerprint density at radius 3 is 2.34 bits per heavy atom. The summed E-state index contributed by atoms with van der Waals surface area (Å²) in [4.78, 5) is 38.2. The molecular weight excluding hydrogens is 703 g/mol. The van der Waals surface area contributed by atoms with Crippen molar-refractivity contribution in [1.82, 2.24) is 29.7 Å². The van der Waals surface area contributed by atoms with Gasteiger partial charge in [-0.2, -0.15) is 10.2 Å². The van der Waals surface area contributed by atoms with Crippen LogP contribution in [0.3, 0.4) is 0 Å². The molecule has 0 aliphatic rings. The first-order valence-corrected chi connectivity index (χ1v) is 19.2. The summed E-state index contributed by atoms with van der Waals surface area (Å²) in [7, 11) is -2.48. The van der Waals surface area contributed by atoms with Crippen molar-refractivity contribution < 1.29 is 37.8 Å². The van der Waals surface area contributed by atoms with E-state index in [1.807, 2.05) is 49.9 Å². The van der Waals surface area contributed by atoms with Gasteiger partial charge in [-0.3, -0.25) is 9.32 Å². The number of aromatic nitrogens is 4. The number of alkyl carbamates (subject to hydrolysis) is 1. The molecule has 0 radical (unpaired) electrons. The lowest BCUT2D eigenvalue weighted by atomic mass is 9.98. The van der Waals surface area contributed by atoms with E-state index in [4.69, 9.17) is 18.5 Å². The quantitative estimate of drug-likeness (QED) is 0.0552. The molecule has 4 N–H and O–H groups in total. The second-order valence-electron chi connectivity index (χ2n) is 15.2. The van der Waals surface area contributed by atoms with Crippen molar-refractivity contribution in [2.45, 2.75) is 105 Å². The number of ether oxygens (including phenoxy) is 2. The smallest absolute Gasteiger partial charge is 0.459 e. The van der Waals surface area contributed by atoms with E-state index >= 15 is 0 Å². The molecule has 0 aliphatic carbocycles. The number of nitrogens with zero attached hydrogens (tertiary/aromatic N) is 3. The van der Waals surface area contributed by atoms with Crippen molar-refractivity contribution in [2.24, 2.45) is 7.05 Å². The fourth-order valence-corrected chi connectivity index (χ4v) is 6.96. The molecule has 2 aromatic heterocycles. The maximum Gasteiger partial charge on any atom is 0.459 e. The third kappa shape index (κ3) is 11.2. The lowest BCUT2D eigenvalue weighted by molar-refractivity contribution is -0.156. The Hall–Kier alpha value is -4.59. The van der Waals surface area contributed by atoms with Gasteiger partial charge in [0.25, 0.3) is 0 Å². The summed E-state index contributed by atoms with van der Waals surface area (Å²) in [6.07, 6.45) is 3.01. The van der Waals surface area contributed by atoms with E-state index in [2.05, 4.69) is 20.6 Å². The number of benzene rings is 2. The zero-order valence-corrected chi connectivity index (χ0v) is 33.1. The average Bonchev–Trinajstić information content (AvgIpc) is 3.60. The first-order chi connectivity index (χ1) is 24.7. The lowest BCUT2D eigenvalue weighted by Gasteiger charge is -2.26. The molecule has 16 heteroatoms. The van der Waals surface area contributed by atoms with Gasteiger partial charge in [0.15, 0.2) is 5.82 Å². The number of hydrogen-bond donors (Lipinski definition) is 4. The van der Waals surface area contributed by atoms with E-state index < -0.39 is 42.7 Å². The van der Waals surface area contributed by atoms with Gasteiger partial charge in [-0.25, -0.2) is 23.8 Å². The molecule has 2 aromatic carbocycles. The van der Waals surface area contributed by atoms with Gasteiger partial charge in [0.2, 0.25) is 0 Å². The molecule has 290 valence electrons. The molecular formula is C37H53N6O9P. The summed E-state index contributed by atoms with van der Waals surface area (Å²) in [6, 6.07) is 9.24. The van der Waals surface area contributed by atoms with E-state index in [0.717, 1.165) is 10.9 Å². The summed E-state index contributed by atoms with van der Waals surface area (Å²) < 4.78 is 40.7. The van der Waals surface area contributed by atoms with Gasteiger partial charge in [-0.1, -0.05) is 13.8 Å². The molecule has 53 heavy (non-hydrogen) atoms. The highest BCUT2D eigenvalue weighted by atomic mass is 31.2. The summed E-state index contributed by atoms with van der Waals surface area (Å²) >= 11 is 0. The summed E-state index contributed by atoms with van der Waals surface area (Å²) in [5, 5.41) is 24.2. The van der Waals surface area contributed by atoms with E-state index in [1.54, 1.807) is 53.7 Å². The van der Waals surface area contributed by atoms with Crippen LogP contribution >= 0.6 is 7.75 Å². The molecule has 0 aliphatic heterocycles. The molecule has 0 saturated carbocycles. The van der Waals surface area contributed by atoms with Crippen molar-refractivity contribution in [2.75, 3.05) is 13.2 Å². The Kier molecular flexibility index (Phi) is 12.9. The van der Waals surface area contributed by atoms with Crippen LogP contribution in [0, 0.1) is 0 Å². The number of amides is 1. The highest BCUT2D eigenvalue weighted by molar-refractivity contribution is 7.52. The van der Waals surface area contributed by atoms with Gasteiger partial charge in [-0.15, -0.1) is 0 Å². The van der Waals surface area contributed by atoms with Gasteiger partial charge < -0.3 is 29.0 Å². The first-order valence-electron chi connectivity index (χ1n) is 17.7. The Morgan fingerprint density at radius 2 is 1.68 bits per heavy atom. The monoisotopic (exact) mass is 756 g/mol. The number of fused-ring (bicyclic) bond motifs is 1. The zero-order chi connectivity index (χ0) is 39.3. The number of carbonyl (C=O) groups excluding carboxylic acids is 2. The number of hydrogen-bond acceptors (Lipinski definition) is 10. The van der Waals surface area contributed by atoms with Crippen molar-refractivity contribution >= 4 is 30.7 Å². The Balaban J connectivity index is 1.66. The van der Waals surface area contributed by atoms with E-state index in [9.17, 15) is 24.1 Å². The van der Waals surface area contributed by atoms with Crippen molar-refractivity contribution in [3.8, 4) is 28.6 Å². The van der Waals surface area contributed by atoms with Crippen molar-refractivity contribution in [1.29, 1.82) is 0 Å². The number of aromatic hydroxyl groups is 1. The predicted molar refractivity (Wildman–Crippen MR) is 203 cm³/mol. The Morgan fingerprint density at radius 1 is 0.981 bits per heavy atom. The number of aromatic amines is 1. The molecule has 2 unspecified atom stereocenters. The number of unbranched alkanes of at least 4 members (excludes halogenated alkanes) is 2. The molecule has 0 spiro atoms. The number of H-pyrrole nitrogens is 1. The molecule has 2 heterocycles. The number of esters is 1. The summed E-state index contributed by atoms with van der Waals surface area (Å²) in [5.74, 6) is -0.958. The molecule has 2 atom stereocenters. The molecule has 4 aromatic rings. The fraction of sp³-hybridized carbons (Fsp3) is 0.514. The first kappa shape index (κ1) is 41.2. The minimum Gasteiger partial charge on any atom is -0.508 e. The van der Waals surface area contributed by atoms with Crippen molar-refractivity contribution in [3.63, 3.8) is 0 Å². The summed E-state index contributed by atoms with van der Waals surface area (Å²) in [5.41, 5.74) is 0.284. The summed E-state index contributed by atoms with van der Waals surface area (Å²) in [6.45, 7) is 16.1. The normalized spacial score (nSPS) is 13.9. The number of carbonyl (C=O) groups is 2. The van der Waals surface area contributed by atoms with Gasteiger partial charge >= 0.3 is 25.5 Å². The van der Waals surface area contributed by atoms with E-state index in [0.29, 0.717) is 37.1 Å². The highest BCUT2D eigenvalue weighted by Crippen LogP contribution is 2.49. The molecule has 0 bridgehead atoms. The third-order valence-electron chi connectivity index (χ3n) is 7.87. The molecule has 4 rings (SSSR count). The van der Waals surface area contributed by atoms with Crippen molar-refractivity contribution in [3.05, 3.63) is 58.6 Å². The maximum absolute atomic E-state index is 14.6. The van der Waals surface area contributed by atoms with Crippen LogP contribution in [0.1, 0.15) is 93.1 Å². The van der Waals surface area contributed by atoms with Crippen LogP contribution in [0.5, 0.6) is 11.5 Å².